The van der Waals surface area contributed by atoms with Crippen LogP contribution in [0.3, 0.4) is 0 Å². The van der Waals surface area contributed by atoms with E-state index in [2.05, 4.69) is 26.2 Å². The summed E-state index contributed by atoms with van der Waals surface area (Å²) in [5.74, 6) is 0.471. The number of thioether (sulfide) groups is 1. The molecule has 0 saturated carbocycles. The van der Waals surface area contributed by atoms with Crippen molar-refractivity contribution in [2.24, 2.45) is 4.99 Å². The maximum absolute atomic E-state index is 12.4. The smallest absolute Gasteiger partial charge is 0.264 e. The molecule has 4 rings (SSSR count). The van der Waals surface area contributed by atoms with E-state index in [0.29, 0.717) is 27.5 Å². The number of benzene rings is 3. The molecule has 1 aliphatic rings. The Hall–Kier alpha value is -2.54. The topological polar surface area (TPSA) is 50.7 Å². The zero-order valence-electron chi connectivity index (χ0n) is 15.6. The number of amidine groups is 1. The first kappa shape index (κ1) is 20.7. The molecule has 7 heteroatoms. The van der Waals surface area contributed by atoms with Crippen LogP contribution in [0, 0.1) is 0 Å². The Labute approximate surface area is 192 Å². The van der Waals surface area contributed by atoms with Crippen molar-refractivity contribution in [3.05, 3.63) is 98.3 Å². The number of para-hydroxylation sites is 1. The zero-order chi connectivity index (χ0) is 20.9. The van der Waals surface area contributed by atoms with Crippen molar-refractivity contribution in [3.8, 4) is 5.75 Å². The van der Waals surface area contributed by atoms with Gasteiger partial charge in [0.05, 0.1) is 10.6 Å². The molecular formula is C23H16BrClN2O2S. The van der Waals surface area contributed by atoms with Crippen molar-refractivity contribution in [1.29, 1.82) is 0 Å². The van der Waals surface area contributed by atoms with Gasteiger partial charge in [0.1, 0.15) is 12.4 Å². The lowest BCUT2D eigenvalue weighted by Gasteiger charge is -2.11. The molecule has 0 bridgehead atoms. The van der Waals surface area contributed by atoms with Crippen LogP contribution in [0.1, 0.15) is 11.1 Å². The molecular weight excluding hydrogens is 484 g/mol. The second kappa shape index (κ2) is 9.51. The van der Waals surface area contributed by atoms with Gasteiger partial charge in [-0.3, -0.25) is 4.79 Å². The van der Waals surface area contributed by atoms with E-state index in [1.807, 2.05) is 72.8 Å². The highest BCUT2D eigenvalue weighted by Crippen LogP contribution is 2.32. The lowest BCUT2D eigenvalue weighted by Crippen LogP contribution is -2.19. The standard InChI is InChI=1S/C23H16BrClN2O2S/c24-17-10-11-20(29-14-15-6-4-5-9-19(15)25)16(12-17)13-21-22(28)27-23(30-21)26-18-7-2-1-3-8-18/h1-13H,14H2,(H,26,27,28)/b21-13-. The molecule has 1 N–H and O–H groups in total. The average molecular weight is 500 g/mol. The number of amides is 1. The van der Waals surface area contributed by atoms with Crippen LogP contribution in [-0.2, 0) is 11.4 Å². The van der Waals surface area contributed by atoms with Crippen molar-refractivity contribution in [2.45, 2.75) is 6.61 Å². The normalized spacial score (nSPS) is 16.1. The van der Waals surface area contributed by atoms with Gasteiger partial charge in [0.2, 0.25) is 0 Å². The van der Waals surface area contributed by atoms with Crippen LogP contribution in [0.5, 0.6) is 5.75 Å². The Morgan fingerprint density at radius 3 is 2.63 bits per heavy atom. The summed E-state index contributed by atoms with van der Waals surface area (Å²) in [6.45, 7) is 0.331. The third-order valence-electron chi connectivity index (χ3n) is 4.24. The number of rotatable bonds is 5. The highest BCUT2D eigenvalue weighted by atomic mass is 79.9. The Bertz CT molecular complexity index is 1150. The molecule has 0 radical (unpaired) electrons. The van der Waals surface area contributed by atoms with E-state index in [4.69, 9.17) is 16.3 Å². The molecule has 1 aliphatic heterocycles. The van der Waals surface area contributed by atoms with Gasteiger partial charge in [-0.05, 0) is 54.2 Å². The van der Waals surface area contributed by atoms with Crippen LogP contribution in [-0.4, -0.2) is 11.1 Å². The van der Waals surface area contributed by atoms with E-state index >= 15 is 0 Å². The van der Waals surface area contributed by atoms with Gasteiger partial charge < -0.3 is 10.1 Å². The van der Waals surface area contributed by atoms with E-state index < -0.39 is 0 Å². The summed E-state index contributed by atoms with van der Waals surface area (Å²) in [4.78, 5) is 17.5. The van der Waals surface area contributed by atoms with E-state index in [1.165, 1.54) is 11.8 Å². The molecule has 1 amide bonds. The minimum absolute atomic E-state index is 0.188. The quantitative estimate of drug-likeness (QED) is 0.404. The molecule has 0 unspecified atom stereocenters. The van der Waals surface area contributed by atoms with E-state index in [1.54, 1.807) is 6.08 Å². The molecule has 0 aliphatic carbocycles. The first-order valence-electron chi connectivity index (χ1n) is 9.09. The number of nitrogens with one attached hydrogen (secondary N) is 1. The second-order valence-electron chi connectivity index (χ2n) is 6.38. The number of aliphatic imine (C=N–C) groups is 1. The molecule has 1 fully saturated rings. The second-order valence-corrected chi connectivity index (χ2v) is 8.73. The summed E-state index contributed by atoms with van der Waals surface area (Å²) in [5.41, 5.74) is 2.47. The van der Waals surface area contributed by atoms with E-state index in [0.717, 1.165) is 21.3 Å². The first-order valence-corrected chi connectivity index (χ1v) is 11.1. The largest absolute Gasteiger partial charge is 0.488 e. The van der Waals surface area contributed by atoms with E-state index in [-0.39, 0.29) is 5.91 Å². The van der Waals surface area contributed by atoms with Crippen LogP contribution >= 0.6 is 39.3 Å². The third kappa shape index (κ3) is 5.14. The van der Waals surface area contributed by atoms with Crippen molar-refractivity contribution >= 4 is 62.1 Å². The first-order chi connectivity index (χ1) is 14.6. The molecule has 4 nitrogen and oxygen atoms in total. The number of halogens is 2. The van der Waals surface area contributed by atoms with Crippen molar-refractivity contribution in [3.63, 3.8) is 0 Å². The molecule has 1 heterocycles. The van der Waals surface area contributed by atoms with Crippen molar-refractivity contribution < 1.29 is 9.53 Å². The molecule has 3 aromatic rings. The number of carbonyl (C=O) groups excluding carboxylic acids is 1. The lowest BCUT2D eigenvalue weighted by atomic mass is 10.2. The number of ether oxygens (including phenoxy) is 1. The van der Waals surface area contributed by atoms with Gasteiger partial charge in [0, 0.05) is 20.6 Å². The average Bonchev–Trinajstić information content (AvgIpc) is 3.08. The van der Waals surface area contributed by atoms with E-state index in [9.17, 15) is 4.79 Å². The van der Waals surface area contributed by atoms with Gasteiger partial charge >= 0.3 is 0 Å². The number of hydrogen-bond donors (Lipinski definition) is 1. The summed E-state index contributed by atoms with van der Waals surface area (Å²) >= 11 is 11.0. The highest BCUT2D eigenvalue weighted by Gasteiger charge is 2.24. The Morgan fingerprint density at radius 2 is 1.83 bits per heavy atom. The fraction of sp³-hybridized carbons (Fsp3) is 0.0435. The zero-order valence-corrected chi connectivity index (χ0v) is 18.8. The van der Waals surface area contributed by atoms with Gasteiger partial charge in [0.15, 0.2) is 5.17 Å². The molecule has 150 valence electrons. The molecule has 1 saturated heterocycles. The third-order valence-corrected chi connectivity index (χ3v) is 6.01. The summed E-state index contributed by atoms with van der Waals surface area (Å²) in [7, 11) is 0. The molecule has 0 aromatic heterocycles. The summed E-state index contributed by atoms with van der Waals surface area (Å²) < 4.78 is 6.90. The maximum Gasteiger partial charge on any atom is 0.264 e. The molecule has 30 heavy (non-hydrogen) atoms. The monoisotopic (exact) mass is 498 g/mol. The van der Waals surface area contributed by atoms with Gasteiger partial charge in [-0.1, -0.05) is 63.9 Å². The Balaban J connectivity index is 1.57. The number of nitrogens with zero attached hydrogens (tertiary/aromatic N) is 1. The van der Waals surface area contributed by atoms with Gasteiger partial charge in [-0.2, -0.15) is 0 Å². The van der Waals surface area contributed by atoms with Crippen LogP contribution in [0.25, 0.3) is 6.08 Å². The minimum atomic E-state index is -0.188. The maximum atomic E-state index is 12.4. The SMILES string of the molecule is O=C1NC(=Nc2ccccc2)S/C1=C\c1cc(Br)ccc1OCc1ccccc1Cl. The van der Waals surface area contributed by atoms with Gasteiger partial charge in [-0.25, -0.2) is 4.99 Å². The lowest BCUT2D eigenvalue weighted by molar-refractivity contribution is -0.115. The highest BCUT2D eigenvalue weighted by molar-refractivity contribution is 9.10. The Kier molecular flexibility index (Phi) is 6.57. The summed E-state index contributed by atoms with van der Waals surface area (Å²) in [6.07, 6.45) is 1.81. The molecule has 3 aromatic carbocycles. The summed E-state index contributed by atoms with van der Waals surface area (Å²) in [6, 6.07) is 22.7. The molecule has 0 spiro atoms. The summed E-state index contributed by atoms with van der Waals surface area (Å²) in [5, 5.41) is 4.01. The number of carbonyl (C=O) groups is 1. The van der Waals surface area contributed by atoms with Crippen LogP contribution in [0.15, 0.2) is 87.2 Å². The predicted octanol–water partition coefficient (Wildman–Crippen LogP) is 6.57. The van der Waals surface area contributed by atoms with Gasteiger partial charge in [-0.15, -0.1) is 0 Å². The fourth-order valence-corrected chi connectivity index (χ4v) is 4.18. The Morgan fingerprint density at radius 1 is 1.07 bits per heavy atom. The van der Waals surface area contributed by atoms with Gasteiger partial charge in [0.25, 0.3) is 5.91 Å². The fourth-order valence-electron chi connectivity index (χ4n) is 2.78. The van der Waals surface area contributed by atoms with Crippen LogP contribution in [0.2, 0.25) is 5.02 Å². The predicted molar refractivity (Wildman–Crippen MR) is 127 cm³/mol. The minimum Gasteiger partial charge on any atom is -0.488 e. The van der Waals surface area contributed by atoms with Crippen LogP contribution < -0.4 is 10.1 Å². The van der Waals surface area contributed by atoms with Crippen LogP contribution in [0.4, 0.5) is 5.69 Å². The molecule has 0 atom stereocenters. The van der Waals surface area contributed by atoms with Crippen molar-refractivity contribution in [1.82, 2.24) is 5.32 Å². The number of hydrogen-bond acceptors (Lipinski definition) is 4. The van der Waals surface area contributed by atoms with Crippen molar-refractivity contribution in [2.75, 3.05) is 0 Å².